The van der Waals surface area contributed by atoms with Crippen molar-refractivity contribution in [2.45, 2.75) is 12.5 Å². The maximum Gasteiger partial charge on any atom is 0.321 e. The van der Waals surface area contributed by atoms with E-state index in [-0.39, 0.29) is 0 Å². The van der Waals surface area contributed by atoms with E-state index in [4.69, 9.17) is 5.11 Å². The monoisotopic (exact) mass is 282 g/mol. The van der Waals surface area contributed by atoms with Crippen LogP contribution >= 0.6 is 16.1 Å². The standard InChI is InChI=1S/C11H11BrN2O2/c12-14-10(11(15)16)5-7-6-13-9-4-2-1-3-8(7)9/h1-4,6,10,13-14H,5H2,(H,15,16). The molecule has 0 radical (unpaired) electrons. The molecule has 0 aliphatic rings. The number of aromatic amines is 1. The highest BCUT2D eigenvalue weighted by molar-refractivity contribution is 9.08. The summed E-state index contributed by atoms with van der Waals surface area (Å²) < 4.78 is 2.60. The number of benzene rings is 1. The van der Waals surface area contributed by atoms with Crippen molar-refractivity contribution in [2.24, 2.45) is 0 Å². The average molecular weight is 283 g/mol. The molecule has 1 aromatic carbocycles. The predicted molar refractivity (Wildman–Crippen MR) is 65.5 cm³/mol. The number of aromatic nitrogens is 1. The van der Waals surface area contributed by atoms with Gasteiger partial charge in [0.2, 0.25) is 0 Å². The number of hydrogen-bond donors (Lipinski definition) is 3. The first kappa shape index (κ1) is 11.2. The largest absolute Gasteiger partial charge is 0.480 e. The molecule has 3 N–H and O–H groups in total. The Balaban J connectivity index is 2.30. The van der Waals surface area contributed by atoms with Crippen molar-refractivity contribution in [3.8, 4) is 0 Å². The first-order valence-electron chi connectivity index (χ1n) is 4.86. The van der Waals surface area contributed by atoms with Gasteiger partial charge >= 0.3 is 5.97 Å². The molecule has 0 fully saturated rings. The van der Waals surface area contributed by atoms with Crippen LogP contribution in [0, 0.1) is 0 Å². The summed E-state index contributed by atoms with van der Waals surface area (Å²) in [7, 11) is 0. The molecule has 5 heteroatoms. The summed E-state index contributed by atoms with van der Waals surface area (Å²) in [5, 5.41) is 10.0. The summed E-state index contributed by atoms with van der Waals surface area (Å²) in [6.07, 6.45) is 2.29. The van der Waals surface area contributed by atoms with Gasteiger partial charge in [0, 0.05) is 39.7 Å². The number of aliphatic carboxylic acids is 1. The van der Waals surface area contributed by atoms with Crippen LogP contribution in [0.4, 0.5) is 0 Å². The fourth-order valence-electron chi connectivity index (χ4n) is 1.69. The van der Waals surface area contributed by atoms with Gasteiger partial charge in [0.05, 0.1) is 0 Å². The molecule has 16 heavy (non-hydrogen) atoms. The van der Waals surface area contributed by atoms with Crippen LogP contribution in [-0.4, -0.2) is 22.1 Å². The Hall–Kier alpha value is -1.33. The molecule has 1 heterocycles. The van der Waals surface area contributed by atoms with E-state index in [0.717, 1.165) is 16.5 Å². The molecule has 1 atom stereocenters. The maximum absolute atomic E-state index is 10.9. The van der Waals surface area contributed by atoms with E-state index in [1.807, 2.05) is 30.5 Å². The Bertz CT molecular complexity index is 509. The van der Waals surface area contributed by atoms with Crippen LogP contribution in [0.2, 0.25) is 0 Å². The molecular formula is C11H11BrN2O2. The molecule has 0 aliphatic carbocycles. The summed E-state index contributed by atoms with van der Waals surface area (Å²) in [4.78, 5) is 14.0. The number of fused-ring (bicyclic) bond motifs is 1. The van der Waals surface area contributed by atoms with E-state index in [1.165, 1.54) is 0 Å². The quantitative estimate of drug-likeness (QED) is 0.752. The molecule has 0 bridgehead atoms. The lowest BCUT2D eigenvalue weighted by Gasteiger charge is -2.08. The first-order chi connectivity index (χ1) is 7.72. The minimum absolute atomic E-state index is 0.435. The number of carboxylic acid groups (broad SMARTS) is 1. The van der Waals surface area contributed by atoms with Gasteiger partial charge in [0.1, 0.15) is 6.04 Å². The molecule has 0 saturated carbocycles. The number of rotatable bonds is 4. The molecule has 2 rings (SSSR count). The van der Waals surface area contributed by atoms with Crippen LogP contribution in [0.15, 0.2) is 30.5 Å². The van der Waals surface area contributed by atoms with Crippen molar-refractivity contribution in [2.75, 3.05) is 0 Å². The van der Waals surface area contributed by atoms with Gasteiger partial charge in [-0.1, -0.05) is 18.2 Å². The van der Waals surface area contributed by atoms with Crippen LogP contribution in [-0.2, 0) is 11.2 Å². The molecule has 84 valence electrons. The SMILES string of the molecule is O=C(O)C(Cc1c[nH]c2ccccc12)NBr. The van der Waals surface area contributed by atoms with E-state index < -0.39 is 12.0 Å². The number of para-hydroxylation sites is 1. The fraction of sp³-hybridized carbons (Fsp3) is 0.182. The van der Waals surface area contributed by atoms with E-state index >= 15 is 0 Å². The van der Waals surface area contributed by atoms with Gasteiger partial charge in [-0.3, -0.25) is 4.79 Å². The van der Waals surface area contributed by atoms with E-state index in [2.05, 4.69) is 25.5 Å². The number of carboxylic acids is 1. The molecule has 1 aromatic heterocycles. The Morgan fingerprint density at radius 3 is 2.94 bits per heavy atom. The van der Waals surface area contributed by atoms with Gasteiger partial charge < -0.3 is 10.1 Å². The second kappa shape index (κ2) is 4.67. The van der Waals surface area contributed by atoms with Crippen LogP contribution in [0.25, 0.3) is 10.9 Å². The normalized spacial score (nSPS) is 12.8. The minimum Gasteiger partial charge on any atom is -0.480 e. The third-order valence-electron chi connectivity index (χ3n) is 2.53. The van der Waals surface area contributed by atoms with Crippen molar-refractivity contribution in [1.82, 2.24) is 9.33 Å². The van der Waals surface area contributed by atoms with Crippen LogP contribution in [0.3, 0.4) is 0 Å². The van der Waals surface area contributed by atoms with E-state index in [0.29, 0.717) is 6.42 Å². The molecule has 0 saturated heterocycles. The van der Waals surface area contributed by atoms with Gasteiger partial charge in [0.25, 0.3) is 0 Å². The van der Waals surface area contributed by atoms with Gasteiger partial charge in [-0.15, -0.1) is 0 Å². The third-order valence-corrected chi connectivity index (χ3v) is 3.08. The topological polar surface area (TPSA) is 65.1 Å². The Kier molecular flexibility index (Phi) is 3.26. The van der Waals surface area contributed by atoms with Gasteiger partial charge in [-0.25, -0.2) is 4.34 Å². The zero-order valence-electron chi connectivity index (χ0n) is 8.40. The van der Waals surface area contributed by atoms with Gasteiger partial charge in [0.15, 0.2) is 0 Å². The highest BCUT2D eigenvalue weighted by Crippen LogP contribution is 2.19. The van der Waals surface area contributed by atoms with E-state index in [9.17, 15) is 4.79 Å². The number of hydrogen-bond acceptors (Lipinski definition) is 2. The molecule has 1 unspecified atom stereocenters. The Labute approximate surface area is 101 Å². The summed E-state index contributed by atoms with van der Waals surface area (Å²) in [5.74, 6) is -0.873. The molecular weight excluding hydrogens is 272 g/mol. The Morgan fingerprint density at radius 2 is 2.25 bits per heavy atom. The smallest absolute Gasteiger partial charge is 0.321 e. The van der Waals surface area contributed by atoms with Crippen LogP contribution in [0.5, 0.6) is 0 Å². The molecule has 4 nitrogen and oxygen atoms in total. The summed E-state index contributed by atoms with van der Waals surface area (Å²) in [6, 6.07) is 7.21. The lowest BCUT2D eigenvalue weighted by molar-refractivity contribution is -0.138. The van der Waals surface area contributed by atoms with Crippen LogP contribution in [0.1, 0.15) is 5.56 Å². The maximum atomic E-state index is 10.9. The number of nitrogens with one attached hydrogen (secondary N) is 2. The lowest BCUT2D eigenvalue weighted by atomic mass is 10.1. The fourth-order valence-corrected chi connectivity index (χ4v) is 2.05. The van der Waals surface area contributed by atoms with Crippen molar-refractivity contribution < 1.29 is 9.90 Å². The lowest BCUT2D eigenvalue weighted by Crippen LogP contribution is -2.32. The first-order valence-corrected chi connectivity index (χ1v) is 5.65. The van der Waals surface area contributed by atoms with Crippen molar-refractivity contribution >= 4 is 33.0 Å². The second-order valence-electron chi connectivity index (χ2n) is 3.56. The summed E-state index contributed by atoms with van der Waals surface area (Å²) >= 11 is 2.99. The zero-order chi connectivity index (χ0) is 11.5. The molecule has 2 aromatic rings. The number of H-pyrrole nitrogens is 1. The number of halogens is 1. The molecule has 0 spiro atoms. The highest BCUT2D eigenvalue weighted by atomic mass is 79.9. The summed E-state index contributed by atoms with van der Waals surface area (Å²) in [6.45, 7) is 0. The molecule has 0 aliphatic heterocycles. The van der Waals surface area contributed by atoms with Crippen LogP contribution < -0.4 is 4.34 Å². The van der Waals surface area contributed by atoms with Crippen molar-refractivity contribution in [3.63, 3.8) is 0 Å². The Morgan fingerprint density at radius 1 is 1.50 bits per heavy atom. The van der Waals surface area contributed by atoms with Crippen molar-refractivity contribution in [1.29, 1.82) is 0 Å². The summed E-state index contributed by atoms with van der Waals surface area (Å²) in [5.41, 5.74) is 2.02. The number of carbonyl (C=O) groups is 1. The van der Waals surface area contributed by atoms with Crippen molar-refractivity contribution in [3.05, 3.63) is 36.0 Å². The third kappa shape index (κ3) is 2.10. The predicted octanol–water partition coefficient (Wildman–Crippen LogP) is 2.06. The van der Waals surface area contributed by atoms with Gasteiger partial charge in [-0.2, -0.15) is 0 Å². The zero-order valence-corrected chi connectivity index (χ0v) is 9.99. The van der Waals surface area contributed by atoms with Gasteiger partial charge in [-0.05, 0) is 11.6 Å². The highest BCUT2D eigenvalue weighted by Gasteiger charge is 2.17. The second-order valence-corrected chi connectivity index (χ2v) is 4.02. The van der Waals surface area contributed by atoms with E-state index in [1.54, 1.807) is 0 Å². The average Bonchev–Trinajstić information content (AvgIpc) is 2.69. The minimum atomic E-state index is -0.873. The molecule has 0 amide bonds.